The van der Waals surface area contributed by atoms with Gasteiger partial charge in [0.2, 0.25) is 6.35 Å². The monoisotopic (exact) mass is 230 g/mol. The van der Waals surface area contributed by atoms with Crippen molar-refractivity contribution in [2.24, 2.45) is 5.73 Å². The molecule has 0 saturated carbocycles. The molecule has 16 heavy (non-hydrogen) atoms. The minimum Gasteiger partial charge on any atom is -0.350 e. The van der Waals surface area contributed by atoms with E-state index < -0.39 is 17.9 Å². The van der Waals surface area contributed by atoms with Crippen LogP contribution in [0.3, 0.4) is 0 Å². The first-order chi connectivity index (χ1) is 7.21. The van der Waals surface area contributed by atoms with E-state index >= 15 is 0 Å². The van der Waals surface area contributed by atoms with Crippen LogP contribution in [0.15, 0.2) is 0 Å². The molecular weight excluding hydrogens is 212 g/mol. The summed E-state index contributed by atoms with van der Waals surface area (Å²) in [5.41, 5.74) is 4.71. The van der Waals surface area contributed by atoms with E-state index in [0.29, 0.717) is 0 Å². The lowest BCUT2D eigenvalue weighted by atomic mass is 10.1. The molecule has 1 atom stereocenters. The van der Waals surface area contributed by atoms with E-state index in [1.807, 2.05) is 20.8 Å². The van der Waals surface area contributed by atoms with Crippen LogP contribution < -0.4 is 5.73 Å². The summed E-state index contributed by atoms with van der Waals surface area (Å²) in [6.45, 7) is 5.44. The van der Waals surface area contributed by atoms with Crippen LogP contribution in [0.25, 0.3) is 0 Å². The zero-order valence-electron chi connectivity index (χ0n) is 10.2. The van der Waals surface area contributed by atoms with Gasteiger partial charge in [0.15, 0.2) is 0 Å². The highest BCUT2D eigenvalue weighted by atomic mass is 16.5. The van der Waals surface area contributed by atoms with E-state index in [0.717, 1.165) is 5.01 Å². The number of carbonyl (C=O) groups excluding carboxylic acids is 2. The number of hydrazine groups is 1. The fourth-order valence-corrected chi connectivity index (χ4v) is 1.67. The number of nitrogens with zero attached hydrogens (tertiary/aromatic N) is 3. The number of urea groups is 2. The standard InChI is InChI=1S/C9H18N4O3/c1-9(2,3)13-7(15)11(4)8(16-5)12(13)6(10)14/h8H,1-5H3,(H2,10,14). The van der Waals surface area contributed by atoms with Gasteiger partial charge in [-0.05, 0) is 20.8 Å². The van der Waals surface area contributed by atoms with Crippen molar-refractivity contribution in [3.63, 3.8) is 0 Å². The lowest BCUT2D eigenvalue weighted by Crippen LogP contribution is -2.56. The highest BCUT2D eigenvalue weighted by Gasteiger charge is 2.49. The maximum atomic E-state index is 12.0. The highest BCUT2D eigenvalue weighted by molar-refractivity contribution is 5.83. The fourth-order valence-electron chi connectivity index (χ4n) is 1.67. The quantitative estimate of drug-likeness (QED) is 0.707. The third kappa shape index (κ3) is 1.78. The molecule has 1 aliphatic heterocycles. The van der Waals surface area contributed by atoms with Crippen LogP contribution in [0.4, 0.5) is 9.59 Å². The number of methoxy groups -OCH3 is 1. The number of hydrogen-bond donors (Lipinski definition) is 1. The molecule has 1 aliphatic rings. The minimum absolute atomic E-state index is 0.321. The Hall–Kier alpha value is -1.50. The average molecular weight is 230 g/mol. The smallest absolute Gasteiger partial charge is 0.342 e. The zero-order valence-corrected chi connectivity index (χ0v) is 10.2. The Balaban J connectivity index is 3.16. The molecule has 0 radical (unpaired) electrons. The summed E-state index contributed by atoms with van der Waals surface area (Å²) in [5.74, 6) is 0. The number of nitrogens with two attached hydrogens (primary N) is 1. The van der Waals surface area contributed by atoms with E-state index in [-0.39, 0.29) is 6.03 Å². The summed E-state index contributed by atoms with van der Waals surface area (Å²) in [5, 5.41) is 2.41. The van der Waals surface area contributed by atoms with Crippen LogP contribution in [0, 0.1) is 0 Å². The second-order valence-electron chi connectivity index (χ2n) is 4.62. The van der Waals surface area contributed by atoms with Gasteiger partial charge in [-0.1, -0.05) is 0 Å². The Morgan fingerprint density at radius 1 is 1.44 bits per heavy atom. The zero-order chi connectivity index (χ0) is 12.7. The molecule has 1 saturated heterocycles. The van der Waals surface area contributed by atoms with E-state index in [1.165, 1.54) is 17.0 Å². The summed E-state index contributed by atoms with van der Waals surface area (Å²) in [6.07, 6.45) is -0.788. The number of carbonyl (C=O) groups is 2. The number of amides is 4. The van der Waals surface area contributed by atoms with E-state index in [2.05, 4.69) is 0 Å². The van der Waals surface area contributed by atoms with Gasteiger partial charge < -0.3 is 10.5 Å². The van der Waals surface area contributed by atoms with Crippen molar-refractivity contribution < 1.29 is 14.3 Å². The molecule has 7 heteroatoms. The molecule has 2 N–H and O–H groups in total. The molecular formula is C9H18N4O3. The molecule has 1 heterocycles. The summed E-state index contributed by atoms with van der Waals surface area (Å²) < 4.78 is 5.08. The minimum atomic E-state index is -0.788. The summed E-state index contributed by atoms with van der Waals surface area (Å²) >= 11 is 0. The first-order valence-electron chi connectivity index (χ1n) is 4.90. The van der Waals surface area contributed by atoms with Gasteiger partial charge in [0, 0.05) is 14.2 Å². The Morgan fingerprint density at radius 3 is 2.25 bits per heavy atom. The normalized spacial score (nSPS) is 21.9. The van der Waals surface area contributed by atoms with Crippen molar-refractivity contribution in [1.29, 1.82) is 0 Å². The first kappa shape index (κ1) is 12.6. The van der Waals surface area contributed by atoms with E-state index in [1.54, 1.807) is 7.05 Å². The molecule has 1 fully saturated rings. The number of hydrogen-bond acceptors (Lipinski definition) is 3. The van der Waals surface area contributed by atoms with Crippen molar-refractivity contribution in [1.82, 2.24) is 14.9 Å². The second kappa shape index (κ2) is 3.82. The molecule has 0 aromatic rings. The third-order valence-corrected chi connectivity index (χ3v) is 2.31. The predicted octanol–water partition coefficient (Wildman–Crippen LogP) is 0.378. The first-order valence-corrected chi connectivity index (χ1v) is 4.90. The Morgan fingerprint density at radius 2 is 1.94 bits per heavy atom. The van der Waals surface area contributed by atoms with Gasteiger partial charge in [-0.3, -0.25) is 4.90 Å². The SMILES string of the molecule is COC1N(C)C(=O)N(C(C)(C)C)N1C(N)=O. The topological polar surface area (TPSA) is 79.1 Å². The molecule has 0 aliphatic carbocycles. The lowest BCUT2D eigenvalue weighted by Gasteiger charge is -2.36. The van der Waals surface area contributed by atoms with Crippen LogP contribution in [0.1, 0.15) is 20.8 Å². The number of primary amides is 1. The van der Waals surface area contributed by atoms with Crippen molar-refractivity contribution in [3.05, 3.63) is 0 Å². The third-order valence-electron chi connectivity index (χ3n) is 2.31. The van der Waals surface area contributed by atoms with Crippen molar-refractivity contribution in [2.45, 2.75) is 32.7 Å². The second-order valence-corrected chi connectivity index (χ2v) is 4.62. The van der Waals surface area contributed by atoms with Crippen LogP contribution in [0.2, 0.25) is 0 Å². The van der Waals surface area contributed by atoms with Crippen molar-refractivity contribution in [2.75, 3.05) is 14.2 Å². The largest absolute Gasteiger partial charge is 0.350 e. The Labute approximate surface area is 94.7 Å². The van der Waals surface area contributed by atoms with Crippen LogP contribution in [-0.4, -0.2) is 53.0 Å². The van der Waals surface area contributed by atoms with Gasteiger partial charge in [0.1, 0.15) is 0 Å². The van der Waals surface area contributed by atoms with Gasteiger partial charge in [0.05, 0.1) is 5.54 Å². The van der Waals surface area contributed by atoms with Crippen LogP contribution in [-0.2, 0) is 4.74 Å². The molecule has 0 aromatic carbocycles. The van der Waals surface area contributed by atoms with E-state index in [9.17, 15) is 9.59 Å². The van der Waals surface area contributed by atoms with Gasteiger partial charge >= 0.3 is 12.1 Å². The molecule has 7 nitrogen and oxygen atoms in total. The Kier molecular flexibility index (Phi) is 3.00. The predicted molar refractivity (Wildman–Crippen MR) is 57.0 cm³/mol. The molecule has 4 amide bonds. The Bertz CT molecular complexity index is 312. The summed E-state index contributed by atoms with van der Waals surface area (Å²) in [7, 11) is 2.97. The fraction of sp³-hybridized carbons (Fsp3) is 0.778. The maximum absolute atomic E-state index is 12.0. The maximum Gasteiger partial charge on any atom is 0.342 e. The molecule has 92 valence electrons. The summed E-state index contributed by atoms with van der Waals surface area (Å²) in [4.78, 5) is 24.6. The highest BCUT2D eigenvalue weighted by Crippen LogP contribution is 2.28. The number of ether oxygens (including phenoxy) is 1. The van der Waals surface area contributed by atoms with Crippen LogP contribution >= 0.6 is 0 Å². The van der Waals surface area contributed by atoms with Gasteiger partial charge in [0.25, 0.3) is 0 Å². The van der Waals surface area contributed by atoms with Crippen LogP contribution in [0.5, 0.6) is 0 Å². The molecule has 0 bridgehead atoms. The van der Waals surface area contributed by atoms with Gasteiger partial charge in [-0.15, -0.1) is 0 Å². The summed E-state index contributed by atoms with van der Waals surface area (Å²) in [6, 6.07) is -1.04. The molecule has 1 unspecified atom stereocenters. The molecule has 1 rings (SSSR count). The lowest BCUT2D eigenvalue weighted by molar-refractivity contribution is -0.116. The number of rotatable bonds is 1. The molecule has 0 spiro atoms. The van der Waals surface area contributed by atoms with Gasteiger partial charge in [-0.25, -0.2) is 14.6 Å². The average Bonchev–Trinajstić information content (AvgIpc) is 2.38. The molecule has 0 aromatic heterocycles. The van der Waals surface area contributed by atoms with Crippen molar-refractivity contribution in [3.8, 4) is 0 Å². The van der Waals surface area contributed by atoms with Crippen molar-refractivity contribution >= 4 is 12.1 Å². The van der Waals surface area contributed by atoms with Gasteiger partial charge in [-0.2, -0.15) is 5.01 Å². The van der Waals surface area contributed by atoms with E-state index in [4.69, 9.17) is 10.5 Å².